The van der Waals surface area contributed by atoms with E-state index < -0.39 is 32.7 Å². The van der Waals surface area contributed by atoms with Crippen molar-refractivity contribution < 1.29 is 26.7 Å². The smallest absolute Gasteiger partial charge is 0.396 e. The van der Waals surface area contributed by atoms with Crippen molar-refractivity contribution in [1.29, 1.82) is 0 Å². The minimum atomic E-state index is -4.72. The van der Waals surface area contributed by atoms with Crippen LogP contribution in [0.3, 0.4) is 0 Å². The maximum absolute atomic E-state index is 12.9. The molecule has 0 aliphatic heterocycles. The predicted molar refractivity (Wildman–Crippen MR) is 74.6 cm³/mol. The largest absolute Gasteiger partial charge is 0.417 e. The Balaban J connectivity index is 2.18. The van der Waals surface area contributed by atoms with Crippen molar-refractivity contribution in [1.82, 2.24) is 4.72 Å². The van der Waals surface area contributed by atoms with Crippen LogP contribution in [0.25, 0.3) is 0 Å². The summed E-state index contributed by atoms with van der Waals surface area (Å²) < 4.78 is 65.7. The van der Waals surface area contributed by atoms with Crippen LogP contribution in [0.1, 0.15) is 31.2 Å². The zero-order valence-corrected chi connectivity index (χ0v) is 12.6. The lowest BCUT2D eigenvalue weighted by molar-refractivity contribution is -0.139. The minimum absolute atomic E-state index is 0.0520. The van der Waals surface area contributed by atoms with Crippen molar-refractivity contribution in [2.75, 3.05) is 6.61 Å². The molecule has 4 nitrogen and oxygen atoms in total. The Morgan fingerprint density at radius 2 is 1.73 bits per heavy atom. The van der Waals surface area contributed by atoms with Gasteiger partial charge in [0.1, 0.15) is 0 Å². The lowest BCUT2D eigenvalue weighted by atomic mass is 9.87. The summed E-state index contributed by atoms with van der Waals surface area (Å²) in [6.45, 7) is 0.0520. The number of hydrogen-bond donors (Lipinski definition) is 2. The van der Waals surface area contributed by atoms with Gasteiger partial charge in [0.15, 0.2) is 0 Å². The molecular weight excluding hydrogens is 319 g/mol. The predicted octanol–water partition coefficient (Wildman–Crippen LogP) is 2.53. The lowest BCUT2D eigenvalue weighted by Gasteiger charge is -2.28. The van der Waals surface area contributed by atoms with Crippen LogP contribution in [0.2, 0.25) is 0 Å². The average Bonchev–Trinajstić information content (AvgIpc) is 2.47. The molecule has 8 heteroatoms. The molecule has 0 saturated heterocycles. The van der Waals surface area contributed by atoms with Gasteiger partial charge < -0.3 is 5.11 Å². The fourth-order valence-electron chi connectivity index (χ4n) is 2.68. The molecule has 124 valence electrons. The van der Waals surface area contributed by atoms with Crippen LogP contribution >= 0.6 is 0 Å². The Morgan fingerprint density at radius 3 is 2.27 bits per heavy atom. The fraction of sp³-hybridized carbons (Fsp3) is 0.571. The number of halogens is 3. The van der Waals surface area contributed by atoms with E-state index in [9.17, 15) is 21.6 Å². The van der Waals surface area contributed by atoms with Gasteiger partial charge in [-0.15, -0.1) is 0 Å². The van der Waals surface area contributed by atoms with Gasteiger partial charge in [-0.25, -0.2) is 13.1 Å². The molecule has 0 unspecified atom stereocenters. The summed E-state index contributed by atoms with van der Waals surface area (Å²) in [6.07, 6.45) is -2.38. The Morgan fingerprint density at radius 1 is 1.14 bits per heavy atom. The summed E-state index contributed by atoms with van der Waals surface area (Å²) in [5, 5.41) is 9.05. The number of sulfonamides is 1. The highest BCUT2D eigenvalue weighted by atomic mass is 32.2. The molecule has 0 amide bonds. The van der Waals surface area contributed by atoms with Gasteiger partial charge in [-0.2, -0.15) is 13.2 Å². The quantitative estimate of drug-likeness (QED) is 0.887. The molecule has 0 aromatic heterocycles. The highest BCUT2D eigenvalue weighted by Gasteiger charge is 2.37. The summed E-state index contributed by atoms with van der Waals surface area (Å²) in [7, 11) is -4.23. The molecule has 1 aromatic carbocycles. The Kier molecular flexibility index (Phi) is 5.14. The maximum atomic E-state index is 12.9. The summed E-state index contributed by atoms with van der Waals surface area (Å²) >= 11 is 0. The number of aliphatic hydroxyl groups is 1. The fourth-order valence-corrected chi connectivity index (χ4v) is 4.21. The van der Waals surface area contributed by atoms with Crippen molar-refractivity contribution in [2.45, 2.75) is 42.8 Å². The average molecular weight is 337 g/mol. The van der Waals surface area contributed by atoms with Gasteiger partial charge in [0.25, 0.3) is 0 Å². The summed E-state index contributed by atoms with van der Waals surface area (Å²) in [4.78, 5) is -0.744. The number of hydrogen-bond acceptors (Lipinski definition) is 3. The van der Waals surface area contributed by atoms with Gasteiger partial charge in [-0.05, 0) is 43.7 Å². The molecule has 22 heavy (non-hydrogen) atoms. The van der Waals surface area contributed by atoms with Gasteiger partial charge in [-0.3, -0.25) is 0 Å². The van der Waals surface area contributed by atoms with Crippen LogP contribution in [-0.2, 0) is 16.2 Å². The van der Waals surface area contributed by atoms with Crippen LogP contribution in [0.5, 0.6) is 0 Å². The molecule has 1 fully saturated rings. The van der Waals surface area contributed by atoms with E-state index in [-0.39, 0.29) is 12.5 Å². The summed E-state index contributed by atoms with van der Waals surface area (Å²) in [6, 6.07) is 3.76. The van der Waals surface area contributed by atoms with E-state index in [0.717, 1.165) is 18.2 Å². The third-order valence-corrected chi connectivity index (χ3v) is 5.49. The Hall–Kier alpha value is -1.12. The second-order valence-electron chi connectivity index (χ2n) is 5.52. The molecule has 1 aliphatic rings. The number of benzene rings is 1. The van der Waals surface area contributed by atoms with E-state index in [1.165, 1.54) is 6.07 Å². The summed E-state index contributed by atoms with van der Waals surface area (Å²) in [5.41, 5.74) is -1.16. The monoisotopic (exact) mass is 337 g/mol. The molecule has 2 rings (SSSR count). The first-order chi connectivity index (χ1) is 10.2. The minimum Gasteiger partial charge on any atom is -0.396 e. The number of nitrogens with one attached hydrogen (secondary N) is 1. The first-order valence-corrected chi connectivity index (χ1v) is 8.52. The van der Waals surface area contributed by atoms with E-state index in [4.69, 9.17) is 5.11 Å². The second kappa shape index (κ2) is 6.55. The first-order valence-electron chi connectivity index (χ1n) is 7.03. The van der Waals surface area contributed by atoms with E-state index in [1.54, 1.807) is 0 Å². The molecule has 0 bridgehead atoms. The highest BCUT2D eigenvalue weighted by molar-refractivity contribution is 7.89. The zero-order chi connectivity index (χ0) is 16.4. The van der Waals surface area contributed by atoms with Crippen LogP contribution in [0.15, 0.2) is 29.2 Å². The lowest BCUT2D eigenvalue weighted by Crippen LogP contribution is -2.38. The maximum Gasteiger partial charge on any atom is 0.417 e. The molecule has 0 heterocycles. The third kappa shape index (κ3) is 3.99. The molecule has 0 spiro atoms. The van der Waals surface area contributed by atoms with Crippen molar-refractivity contribution in [3.05, 3.63) is 29.8 Å². The zero-order valence-electron chi connectivity index (χ0n) is 11.8. The van der Waals surface area contributed by atoms with Crippen LogP contribution < -0.4 is 4.72 Å². The second-order valence-corrected chi connectivity index (χ2v) is 7.20. The Bertz CT molecular complexity index is 608. The van der Waals surface area contributed by atoms with Crippen molar-refractivity contribution in [3.8, 4) is 0 Å². The number of rotatable bonds is 4. The molecule has 1 saturated carbocycles. The van der Waals surface area contributed by atoms with Crippen LogP contribution in [0, 0.1) is 5.92 Å². The Labute approximate surface area is 127 Å². The number of aliphatic hydroxyl groups excluding tert-OH is 1. The van der Waals surface area contributed by atoms with E-state index in [0.29, 0.717) is 25.7 Å². The van der Waals surface area contributed by atoms with Gasteiger partial charge >= 0.3 is 6.18 Å². The molecule has 0 radical (unpaired) electrons. The van der Waals surface area contributed by atoms with Crippen molar-refractivity contribution in [2.24, 2.45) is 5.92 Å². The van der Waals surface area contributed by atoms with E-state index >= 15 is 0 Å². The van der Waals surface area contributed by atoms with Crippen LogP contribution in [-0.4, -0.2) is 26.2 Å². The van der Waals surface area contributed by atoms with Gasteiger partial charge in [0, 0.05) is 12.6 Å². The van der Waals surface area contributed by atoms with Gasteiger partial charge in [0.2, 0.25) is 10.0 Å². The molecule has 1 aliphatic carbocycles. The highest BCUT2D eigenvalue weighted by Crippen LogP contribution is 2.34. The molecule has 1 aromatic rings. The molecule has 2 N–H and O–H groups in total. The first kappa shape index (κ1) is 17.2. The molecular formula is C14H18F3NO3S. The van der Waals surface area contributed by atoms with Crippen molar-refractivity contribution >= 4 is 10.0 Å². The van der Waals surface area contributed by atoms with Gasteiger partial charge in [-0.1, -0.05) is 12.1 Å². The van der Waals surface area contributed by atoms with Gasteiger partial charge in [0.05, 0.1) is 10.5 Å². The SMILES string of the molecule is O=S(=O)(NC1CCC(CO)CC1)c1ccccc1C(F)(F)F. The van der Waals surface area contributed by atoms with Crippen molar-refractivity contribution in [3.63, 3.8) is 0 Å². The topological polar surface area (TPSA) is 66.4 Å². The summed E-state index contributed by atoms with van der Waals surface area (Å²) in [5.74, 6) is 0.142. The standard InChI is InChI=1S/C14H18F3NO3S/c15-14(16,17)12-3-1-2-4-13(12)22(20,21)18-11-7-5-10(9-19)6-8-11/h1-4,10-11,18-19H,5-9H2. The van der Waals surface area contributed by atoms with Crippen LogP contribution in [0.4, 0.5) is 13.2 Å². The third-order valence-electron chi connectivity index (χ3n) is 3.91. The molecule has 0 atom stereocenters. The van der Waals surface area contributed by atoms with E-state index in [2.05, 4.69) is 4.72 Å². The normalized spacial score (nSPS) is 23.5. The van der Waals surface area contributed by atoms with E-state index in [1.807, 2.05) is 0 Å². The number of alkyl halides is 3.